The molecule has 0 saturated carbocycles. The van der Waals surface area contributed by atoms with E-state index in [0.717, 1.165) is 12.8 Å². The van der Waals surface area contributed by atoms with Crippen LogP contribution >= 0.6 is 24.8 Å². The molecule has 0 heterocycles. The van der Waals surface area contributed by atoms with E-state index in [0.29, 0.717) is 0 Å². The van der Waals surface area contributed by atoms with E-state index >= 15 is 0 Å². The van der Waals surface area contributed by atoms with Crippen LogP contribution < -0.4 is 6.64 Å². The van der Waals surface area contributed by atoms with Crippen LogP contribution in [0.3, 0.4) is 0 Å². The molecular formula is C28H28Cl2HfSi. The number of hydrogen-bond donors (Lipinski definition) is 0. The average Bonchev–Trinajstić information content (AvgIpc) is 3.31. The van der Waals surface area contributed by atoms with E-state index in [2.05, 4.69) is 101 Å². The van der Waals surface area contributed by atoms with Crippen molar-refractivity contribution in [1.29, 1.82) is 0 Å². The summed E-state index contributed by atoms with van der Waals surface area (Å²) in [4.78, 5) is 0. The predicted octanol–water partition coefficient (Wildman–Crippen LogP) is 5.96. The summed E-state index contributed by atoms with van der Waals surface area (Å²) >= 11 is -3.57. The Morgan fingerprint density at radius 2 is 0.906 bits per heavy atom. The van der Waals surface area contributed by atoms with Crippen LogP contribution in [-0.2, 0) is 30.0 Å². The van der Waals surface area contributed by atoms with Gasteiger partial charge in [0.05, 0.1) is 0 Å². The molecule has 0 atom stereocenters. The second-order valence-corrected chi connectivity index (χ2v) is 50.5. The molecule has 0 nitrogen and oxygen atoms in total. The Hall–Kier alpha value is -1.45. The Balaban J connectivity index is 0.00000122. The van der Waals surface area contributed by atoms with Crippen molar-refractivity contribution in [2.24, 2.45) is 0 Å². The number of benzene rings is 4. The van der Waals surface area contributed by atoms with Gasteiger partial charge in [0.1, 0.15) is 0 Å². The van der Waals surface area contributed by atoms with E-state index < -0.39 is 17.1 Å². The molecule has 32 heavy (non-hydrogen) atoms. The molecule has 0 spiro atoms. The van der Waals surface area contributed by atoms with Gasteiger partial charge in [-0.25, -0.2) is 0 Å². The summed E-state index contributed by atoms with van der Waals surface area (Å²) < 4.78 is 8.69. The minimum atomic E-state index is -3.57. The number of rotatable bonds is 2. The third kappa shape index (κ3) is 3.34. The monoisotopic (exact) mass is 642 g/mol. The van der Waals surface area contributed by atoms with Gasteiger partial charge in [-0.3, -0.25) is 0 Å². The van der Waals surface area contributed by atoms with Crippen LogP contribution in [0.25, 0.3) is 22.3 Å². The normalized spacial score (nSPS) is 13.2. The first-order valence-electron chi connectivity index (χ1n) is 10.9. The van der Waals surface area contributed by atoms with Crippen molar-refractivity contribution in [2.75, 3.05) is 0 Å². The van der Waals surface area contributed by atoms with Crippen LogP contribution in [0.4, 0.5) is 0 Å². The molecule has 0 N–H and O–H groups in total. The molecule has 0 aliphatic heterocycles. The average molecular weight is 642 g/mol. The standard InChI is InChI=1S/2C13H9.2CH3.2ClH.Hf.H2Si/c2*1-3-7-12-10(5-1)9-11-6-2-4-8-13(11)12;;;;;;/h2*1-5,7-8H,9H2;2*1H3;2*1H;;1H2. The van der Waals surface area contributed by atoms with Gasteiger partial charge in [0.15, 0.2) is 0 Å². The molecule has 2 aliphatic carbocycles. The van der Waals surface area contributed by atoms with Crippen molar-refractivity contribution in [2.45, 2.75) is 22.2 Å². The summed E-state index contributed by atoms with van der Waals surface area (Å²) in [6.07, 6.45) is 2.17. The molecular weight excluding hydrogens is 614 g/mol. The van der Waals surface area contributed by atoms with E-state index in [1.807, 2.05) is 0 Å². The molecule has 162 valence electrons. The van der Waals surface area contributed by atoms with Crippen LogP contribution in [0.5, 0.6) is 0 Å². The van der Waals surface area contributed by atoms with Crippen LogP contribution in [-0.4, -0.2) is 6.94 Å². The van der Waals surface area contributed by atoms with Gasteiger partial charge in [-0.05, 0) is 0 Å². The van der Waals surface area contributed by atoms with Crippen LogP contribution in [0.1, 0.15) is 22.3 Å². The van der Waals surface area contributed by atoms with Crippen molar-refractivity contribution < 1.29 is 17.1 Å². The molecule has 0 bridgehead atoms. The summed E-state index contributed by atoms with van der Waals surface area (Å²) in [5.74, 6) is 0. The van der Waals surface area contributed by atoms with Crippen LogP contribution in [0.15, 0.2) is 84.9 Å². The predicted molar refractivity (Wildman–Crippen MR) is 143 cm³/mol. The van der Waals surface area contributed by atoms with E-state index in [4.69, 9.17) is 0 Å². The maximum absolute atomic E-state index is 3.57. The Kier molecular flexibility index (Phi) is 5.99. The van der Waals surface area contributed by atoms with Gasteiger partial charge in [-0.2, -0.15) is 0 Å². The van der Waals surface area contributed by atoms with Crippen molar-refractivity contribution in [3.05, 3.63) is 107 Å². The van der Waals surface area contributed by atoms with Gasteiger partial charge in [0, 0.05) is 0 Å². The first kappa shape index (κ1) is 23.7. The molecule has 4 aromatic carbocycles. The molecule has 4 aromatic rings. The Labute approximate surface area is 205 Å². The second-order valence-electron chi connectivity index (χ2n) is 10.0. The van der Waals surface area contributed by atoms with Gasteiger partial charge in [0.2, 0.25) is 0 Å². The van der Waals surface area contributed by atoms with E-state index in [1.54, 1.807) is 17.8 Å². The molecule has 4 heteroatoms. The van der Waals surface area contributed by atoms with Crippen molar-refractivity contribution in [1.82, 2.24) is 0 Å². The summed E-state index contributed by atoms with van der Waals surface area (Å²) in [6, 6.07) is 32.2. The number of fused-ring (bicyclic) bond motifs is 6. The molecule has 6 rings (SSSR count). The van der Waals surface area contributed by atoms with Gasteiger partial charge in [0.25, 0.3) is 0 Å². The molecule has 0 radical (unpaired) electrons. The summed E-state index contributed by atoms with van der Waals surface area (Å²) in [7, 11) is 0. The van der Waals surface area contributed by atoms with Gasteiger partial charge in [-0.15, -0.1) is 24.8 Å². The zero-order valence-electron chi connectivity index (χ0n) is 18.5. The summed E-state index contributed by atoms with van der Waals surface area (Å²) in [6.45, 7) is 2.37. The maximum atomic E-state index is 2.66. The third-order valence-corrected chi connectivity index (χ3v) is 29.4. The molecule has 2 aliphatic rings. The van der Waals surface area contributed by atoms with E-state index in [1.165, 1.54) is 33.4 Å². The van der Waals surface area contributed by atoms with Crippen LogP contribution in [0, 0.1) is 0 Å². The first-order chi connectivity index (χ1) is 14.4. The zero-order valence-corrected chi connectivity index (χ0v) is 25.2. The zero-order chi connectivity index (χ0) is 20.5. The third-order valence-electron chi connectivity index (χ3n) is 7.43. The summed E-state index contributed by atoms with van der Waals surface area (Å²) in [5, 5.41) is 0. The Bertz CT molecular complexity index is 1330. The Morgan fingerprint density at radius 3 is 1.34 bits per heavy atom. The fourth-order valence-electron chi connectivity index (χ4n) is 5.96. The van der Waals surface area contributed by atoms with E-state index in [9.17, 15) is 0 Å². The fraction of sp³-hybridized carbons (Fsp3) is 0.143. The molecule has 0 saturated heterocycles. The van der Waals surface area contributed by atoms with Crippen molar-refractivity contribution in [3.8, 4) is 22.3 Å². The quantitative estimate of drug-likeness (QED) is 0.205. The SMILES string of the molecule is Cl.Cl.[CH3][Hf]([CH3])(=[SiH2])([c]1cccc2c1Cc1ccccc1-2)[c]1cccc2c1Cc1ccccc1-2. The molecule has 0 fully saturated rings. The fourth-order valence-corrected chi connectivity index (χ4v) is 25.5. The van der Waals surface area contributed by atoms with Gasteiger partial charge >= 0.3 is 182 Å². The van der Waals surface area contributed by atoms with E-state index in [-0.39, 0.29) is 24.8 Å². The second kappa shape index (κ2) is 8.09. The summed E-state index contributed by atoms with van der Waals surface area (Å²) in [5.41, 5.74) is 12.0. The Morgan fingerprint density at radius 1 is 0.531 bits per heavy atom. The van der Waals surface area contributed by atoms with Crippen molar-refractivity contribution in [3.63, 3.8) is 0 Å². The van der Waals surface area contributed by atoms with Crippen LogP contribution in [0.2, 0.25) is 9.36 Å². The van der Waals surface area contributed by atoms with Crippen molar-refractivity contribution >= 4 is 38.4 Å². The topological polar surface area (TPSA) is 0 Å². The van der Waals surface area contributed by atoms with Gasteiger partial charge < -0.3 is 0 Å². The molecule has 0 aromatic heterocycles. The number of halogens is 2. The molecule has 0 amide bonds. The molecule has 0 unspecified atom stereocenters. The first-order valence-corrected chi connectivity index (χ1v) is 30.0. The van der Waals surface area contributed by atoms with Gasteiger partial charge in [-0.1, -0.05) is 0 Å². The minimum absolute atomic E-state index is 0. The number of hydrogen-bond acceptors (Lipinski definition) is 0.